The third-order valence-corrected chi connectivity index (χ3v) is 4.73. The van der Waals surface area contributed by atoms with Crippen molar-refractivity contribution in [1.29, 1.82) is 0 Å². The van der Waals surface area contributed by atoms with Crippen LogP contribution in [0.5, 0.6) is 0 Å². The highest BCUT2D eigenvalue weighted by Crippen LogP contribution is 2.14. The summed E-state index contributed by atoms with van der Waals surface area (Å²) < 4.78 is 0. The standard InChI is InChI=1S/C17H33N3O/c1-15(2)12-16(3)13-19-8-10-20(11-9-19)17(21)14-18-6-4-5-7-18/h15-16H,4-14H2,1-3H3/t16-/m0/s1. The first-order valence-electron chi connectivity index (χ1n) is 8.77. The average molecular weight is 295 g/mol. The van der Waals surface area contributed by atoms with E-state index in [1.807, 2.05) is 0 Å². The molecule has 0 saturated carbocycles. The maximum Gasteiger partial charge on any atom is 0.236 e. The SMILES string of the molecule is CC(C)C[C@H](C)CN1CCN(C(=O)CN2CCCC2)CC1. The number of amides is 1. The highest BCUT2D eigenvalue weighted by molar-refractivity contribution is 5.78. The molecular weight excluding hydrogens is 262 g/mol. The fourth-order valence-corrected chi connectivity index (χ4v) is 3.73. The lowest BCUT2D eigenvalue weighted by Crippen LogP contribution is -2.51. The Balaban J connectivity index is 1.66. The molecule has 2 saturated heterocycles. The van der Waals surface area contributed by atoms with E-state index in [-0.39, 0.29) is 0 Å². The molecule has 1 amide bonds. The van der Waals surface area contributed by atoms with Crippen LogP contribution in [0.15, 0.2) is 0 Å². The molecule has 1 atom stereocenters. The maximum absolute atomic E-state index is 12.3. The molecule has 0 unspecified atom stereocenters. The van der Waals surface area contributed by atoms with Crippen LogP contribution in [0.1, 0.15) is 40.0 Å². The molecule has 0 aromatic rings. The van der Waals surface area contributed by atoms with Gasteiger partial charge in [-0.2, -0.15) is 0 Å². The molecule has 0 spiro atoms. The van der Waals surface area contributed by atoms with Gasteiger partial charge >= 0.3 is 0 Å². The predicted molar refractivity (Wildman–Crippen MR) is 87.3 cm³/mol. The number of carbonyl (C=O) groups is 1. The lowest BCUT2D eigenvalue weighted by molar-refractivity contribution is -0.134. The van der Waals surface area contributed by atoms with Crippen LogP contribution in [0.4, 0.5) is 0 Å². The smallest absolute Gasteiger partial charge is 0.236 e. The summed E-state index contributed by atoms with van der Waals surface area (Å²) in [6.45, 7) is 14.9. The van der Waals surface area contributed by atoms with E-state index < -0.39 is 0 Å². The Morgan fingerprint density at radius 2 is 1.52 bits per heavy atom. The van der Waals surface area contributed by atoms with E-state index in [9.17, 15) is 4.79 Å². The lowest BCUT2D eigenvalue weighted by atomic mass is 9.98. The molecule has 0 aromatic heterocycles. The Hall–Kier alpha value is -0.610. The van der Waals surface area contributed by atoms with Crippen molar-refractivity contribution >= 4 is 5.91 Å². The van der Waals surface area contributed by atoms with Crippen molar-refractivity contribution in [2.75, 3.05) is 52.4 Å². The fourth-order valence-electron chi connectivity index (χ4n) is 3.73. The summed E-state index contributed by atoms with van der Waals surface area (Å²) in [6, 6.07) is 0. The van der Waals surface area contributed by atoms with Gasteiger partial charge in [0, 0.05) is 32.7 Å². The first-order valence-corrected chi connectivity index (χ1v) is 8.77. The molecule has 21 heavy (non-hydrogen) atoms. The molecule has 0 aromatic carbocycles. The van der Waals surface area contributed by atoms with Crippen molar-refractivity contribution in [3.05, 3.63) is 0 Å². The molecule has 2 aliphatic rings. The number of hydrogen-bond donors (Lipinski definition) is 0. The molecule has 0 aliphatic carbocycles. The minimum atomic E-state index is 0.340. The van der Waals surface area contributed by atoms with Gasteiger partial charge in [0.25, 0.3) is 0 Å². The number of piperazine rings is 1. The molecule has 2 aliphatic heterocycles. The number of rotatable bonds is 6. The van der Waals surface area contributed by atoms with E-state index >= 15 is 0 Å². The number of nitrogens with zero attached hydrogens (tertiary/aromatic N) is 3. The first-order chi connectivity index (χ1) is 10.0. The molecular formula is C17H33N3O. The van der Waals surface area contributed by atoms with Crippen molar-refractivity contribution < 1.29 is 4.79 Å². The minimum Gasteiger partial charge on any atom is -0.339 e. The normalized spacial score (nSPS) is 23.0. The van der Waals surface area contributed by atoms with E-state index in [0.717, 1.165) is 51.1 Å². The summed E-state index contributed by atoms with van der Waals surface area (Å²) in [5, 5.41) is 0. The van der Waals surface area contributed by atoms with E-state index in [1.54, 1.807) is 0 Å². The molecule has 2 fully saturated rings. The maximum atomic E-state index is 12.3. The van der Waals surface area contributed by atoms with Crippen molar-refractivity contribution in [2.45, 2.75) is 40.0 Å². The summed E-state index contributed by atoms with van der Waals surface area (Å²) >= 11 is 0. The summed E-state index contributed by atoms with van der Waals surface area (Å²) in [5.74, 6) is 1.88. The second kappa shape index (κ2) is 8.14. The Kier molecular flexibility index (Phi) is 6.49. The second-order valence-corrected chi connectivity index (χ2v) is 7.40. The van der Waals surface area contributed by atoms with Crippen molar-refractivity contribution in [3.8, 4) is 0 Å². The van der Waals surface area contributed by atoms with Gasteiger partial charge < -0.3 is 4.90 Å². The van der Waals surface area contributed by atoms with Crippen molar-refractivity contribution in [3.63, 3.8) is 0 Å². The Bertz CT molecular complexity index is 318. The monoisotopic (exact) mass is 295 g/mol. The van der Waals surface area contributed by atoms with Crippen LogP contribution >= 0.6 is 0 Å². The molecule has 0 bridgehead atoms. The van der Waals surface area contributed by atoms with Gasteiger partial charge in [-0.05, 0) is 44.2 Å². The molecule has 2 heterocycles. The molecule has 2 rings (SSSR count). The van der Waals surface area contributed by atoms with Gasteiger partial charge in [-0.1, -0.05) is 20.8 Å². The first kappa shape index (κ1) is 16.8. The van der Waals surface area contributed by atoms with Gasteiger partial charge in [0.15, 0.2) is 0 Å². The van der Waals surface area contributed by atoms with Crippen molar-refractivity contribution in [1.82, 2.24) is 14.7 Å². The summed E-state index contributed by atoms with van der Waals surface area (Å²) in [5.41, 5.74) is 0. The van der Waals surface area contributed by atoms with Crippen LogP contribution in [-0.2, 0) is 4.79 Å². The zero-order chi connectivity index (χ0) is 15.2. The van der Waals surface area contributed by atoms with Gasteiger partial charge in [0.05, 0.1) is 6.54 Å². The number of likely N-dealkylation sites (tertiary alicyclic amines) is 1. The quantitative estimate of drug-likeness (QED) is 0.749. The number of carbonyl (C=O) groups excluding carboxylic acids is 1. The van der Waals surface area contributed by atoms with Crippen LogP contribution in [-0.4, -0.2) is 73.0 Å². The summed E-state index contributed by atoms with van der Waals surface area (Å²) in [4.78, 5) is 19.2. The Morgan fingerprint density at radius 1 is 0.905 bits per heavy atom. The van der Waals surface area contributed by atoms with Crippen LogP contribution in [0, 0.1) is 11.8 Å². The van der Waals surface area contributed by atoms with Crippen molar-refractivity contribution in [2.24, 2.45) is 11.8 Å². The molecule has 4 nitrogen and oxygen atoms in total. The summed E-state index contributed by atoms with van der Waals surface area (Å²) in [7, 11) is 0. The highest BCUT2D eigenvalue weighted by atomic mass is 16.2. The zero-order valence-electron chi connectivity index (χ0n) is 14.2. The number of hydrogen-bond acceptors (Lipinski definition) is 3. The largest absolute Gasteiger partial charge is 0.339 e. The van der Waals surface area contributed by atoms with Gasteiger partial charge in [-0.3, -0.25) is 14.6 Å². The van der Waals surface area contributed by atoms with Gasteiger partial charge in [-0.15, -0.1) is 0 Å². The summed E-state index contributed by atoms with van der Waals surface area (Å²) in [6.07, 6.45) is 3.82. The topological polar surface area (TPSA) is 26.8 Å². The molecule has 4 heteroatoms. The third-order valence-electron chi connectivity index (χ3n) is 4.73. The Morgan fingerprint density at radius 3 is 2.10 bits per heavy atom. The lowest BCUT2D eigenvalue weighted by Gasteiger charge is -2.36. The minimum absolute atomic E-state index is 0.340. The molecule has 122 valence electrons. The zero-order valence-corrected chi connectivity index (χ0v) is 14.2. The van der Waals surface area contributed by atoms with Crippen LogP contribution < -0.4 is 0 Å². The molecule has 0 radical (unpaired) electrons. The highest BCUT2D eigenvalue weighted by Gasteiger charge is 2.24. The van der Waals surface area contributed by atoms with Crippen LogP contribution in [0.2, 0.25) is 0 Å². The second-order valence-electron chi connectivity index (χ2n) is 7.40. The van der Waals surface area contributed by atoms with Crippen LogP contribution in [0.25, 0.3) is 0 Å². The fraction of sp³-hybridized carbons (Fsp3) is 0.941. The Labute approximate surface area is 130 Å². The average Bonchev–Trinajstić information content (AvgIpc) is 2.91. The van der Waals surface area contributed by atoms with Gasteiger partial charge in [0.1, 0.15) is 0 Å². The van der Waals surface area contributed by atoms with Gasteiger partial charge in [0.2, 0.25) is 5.91 Å². The van der Waals surface area contributed by atoms with E-state index in [1.165, 1.54) is 25.8 Å². The van der Waals surface area contributed by atoms with Gasteiger partial charge in [-0.25, -0.2) is 0 Å². The van der Waals surface area contributed by atoms with E-state index in [0.29, 0.717) is 12.5 Å². The molecule has 0 N–H and O–H groups in total. The van der Waals surface area contributed by atoms with E-state index in [4.69, 9.17) is 0 Å². The predicted octanol–water partition coefficient (Wildman–Crippen LogP) is 1.91. The third kappa shape index (κ3) is 5.59. The van der Waals surface area contributed by atoms with E-state index in [2.05, 4.69) is 35.5 Å². The van der Waals surface area contributed by atoms with Crippen LogP contribution in [0.3, 0.4) is 0 Å².